The molecule has 1 amide bonds. The maximum Gasteiger partial charge on any atom is 0.416 e. The molecule has 2 aliphatic rings. The van der Waals surface area contributed by atoms with Crippen LogP contribution in [0.4, 0.5) is 19.0 Å². The van der Waals surface area contributed by atoms with E-state index in [1.807, 2.05) is 0 Å². The van der Waals surface area contributed by atoms with Crippen LogP contribution in [0.25, 0.3) is 11.4 Å². The van der Waals surface area contributed by atoms with E-state index in [1.165, 1.54) is 10.7 Å². The third-order valence-electron chi connectivity index (χ3n) is 6.69. The average Bonchev–Trinajstić information content (AvgIpc) is 3.45. The van der Waals surface area contributed by atoms with E-state index in [4.69, 9.17) is 11.5 Å². The van der Waals surface area contributed by atoms with Gasteiger partial charge in [-0.3, -0.25) is 9.48 Å². The average molecular weight is 459 g/mol. The molecule has 1 aliphatic carbocycles. The van der Waals surface area contributed by atoms with Crippen molar-refractivity contribution in [1.29, 1.82) is 0 Å². The largest absolute Gasteiger partial charge is 0.416 e. The highest BCUT2D eigenvalue weighted by molar-refractivity contribution is 6.02. The van der Waals surface area contributed by atoms with Crippen LogP contribution in [0.1, 0.15) is 46.8 Å². The van der Waals surface area contributed by atoms with Gasteiger partial charge in [-0.1, -0.05) is 12.1 Å². The number of carbonyl (C=O) groups excluding carboxylic acids is 1. The fraction of sp³-hybridized carbons (Fsp3) is 0.409. The predicted molar refractivity (Wildman–Crippen MR) is 115 cm³/mol. The second kappa shape index (κ2) is 7.62. The first-order chi connectivity index (χ1) is 15.7. The van der Waals surface area contributed by atoms with E-state index in [0.717, 1.165) is 44.5 Å². The summed E-state index contributed by atoms with van der Waals surface area (Å²) in [4.78, 5) is 12.2. The summed E-state index contributed by atoms with van der Waals surface area (Å²) in [6.07, 6.45) is 0.167. The second-order valence-electron chi connectivity index (χ2n) is 9.00. The SMILES string of the molecule is NC(=O)c1c(-c2ccn(Cc3cccc(C(F)(F)F)c3)n2)nn(C2CC3(CCNC3)C2)c1N. The molecule has 3 heterocycles. The van der Waals surface area contributed by atoms with Crippen LogP contribution in [-0.2, 0) is 12.7 Å². The summed E-state index contributed by atoms with van der Waals surface area (Å²) >= 11 is 0. The number of hydrogen-bond donors (Lipinski definition) is 3. The fourth-order valence-corrected chi connectivity index (χ4v) is 5.01. The highest BCUT2D eigenvalue weighted by Crippen LogP contribution is 2.53. The third-order valence-corrected chi connectivity index (χ3v) is 6.69. The van der Waals surface area contributed by atoms with Gasteiger partial charge >= 0.3 is 6.18 Å². The Morgan fingerprint density at radius 3 is 2.70 bits per heavy atom. The Hall–Kier alpha value is -3.34. The molecule has 1 spiro atoms. The molecule has 2 aromatic heterocycles. The van der Waals surface area contributed by atoms with Crippen LogP contribution in [-0.4, -0.2) is 38.6 Å². The molecule has 11 heteroatoms. The molecule has 1 saturated carbocycles. The number of benzene rings is 1. The molecule has 0 atom stereocenters. The molecular formula is C22H24F3N7O. The van der Waals surface area contributed by atoms with Gasteiger partial charge in [-0.25, -0.2) is 4.68 Å². The lowest BCUT2D eigenvalue weighted by Gasteiger charge is -2.45. The van der Waals surface area contributed by atoms with E-state index in [-0.39, 0.29) is 35.1 Å². The van der Waals surface area contributed by atoms with Gasteiger partial charge in [0.2, 0.25) is 0 Å². The molecule has 5 N–H and O–H groups in total. The maximum atomic E-state index is 13.0. The first-order valence-corrected chi connectivity index (χ1v) is 10.7. The lowest BCUT2D eigenvalue weighted by atomic mass is 9.65. The minimum Gasteiger partial charge on any atom is -0.383 e. The number of anilines is 1. The number of nitrogens with zero attached hydrogens (tertiary/aromatic N) is 4. The molecule has 3 aromatic rings. The molecule has 0 unspecified atom stereocenters. The van der Waals surface area contributed by atoms with Gasteiger partial charge in [-0.05, 0) is 55.0 Å². The van der Waals surface area contributed by atoms with Gasteiger partial charge in [-0.15, -0.1) is 0 Å². The summed E-state index contributed by atoms with van der Waals surface area (Å²) in [5.41, 5.74) is 12.7. The van der Waals surface area contributed by atoms with Crippen LogP contribution in [0.2, 0.25) is 0 Å². The normalized spacial score (nSPS) is 22.6. The number of hydrogen-bond acceptors (Lipinski definition) is 5. The first kappa shape index (κ1) is 21.5. The number of nitrogens with two attached hydrogens (primary N) is 2. The van der Waals surface area contributed by atoms with Gasteiger partial charge in [0.1, 0.15) is 22.8 Å². The molecule has 5 rings (SSSR count). The van der Waals surface area contributed by atoms with Crippen molar-refractivity contribution < 1.29 is 18.0 Å². The monoisotopic (exact) mass is 459 g/mol. The number of aromatic nitrogens is 4. The highest BCUT2D eigenvalue weighted by Gasteiger charge is 2.48. The molecule has 1 aliphatic heterocycles. The van der Waals surface area contributed by atoms with Crippen LogP contribution >= 0.6 is 0 Å². The summed E-state index contributed by atoms with van der Waals surface area (Å²) in [5.74, 6) is -0.478. The smallest absolute Gasteiger partial charge is 0.383 e. The Morgan fingerprint density at radius 2 is 2.03 bits per heavy atom. The molecule has 2 fully saturated rings. The number of carbonyl (C=O) groups is 1. The molecule has 1 saturated heterocycles. The topological polar surface area (TPSA) is 117 Å². The van der Waals surface area contributed by atoms with E-state index in [0.29, 0.717) is 11.3 Å². The van der Waals surface area contributed by atoms with Crippen molar-refractivity contribution in [3.8, 4) is 11.4 Å². The zero-order valence-corrected chi connectivity index (χ0v) is 17.8. The first-order valence-electron chi connectivity index (χ1n) is 10.7. The quantitative estimate of drug-likeness (QED) is 0.543. The number of halogens is 3. The minimum absolute atomic E-state index is 0.0870. The van der Waals surface area contributed by atoms with Crippen LogP contribution < -0.4 is 16.8 Å². The van der Waals surface area contributed by atoms with Gasteiger partial charge in [-0.2, -0.15) is 23.4 Å². The van der Waals surface area contributed by atoms with Gasteiger partial charge in [0.05, 0.1) is 18.2 Å². The van der Waals surface area contributed by atoms with Crippen molar-refractivity contribution in [3.63, 3.8) is 0 Å². The number of amides is 1. The summed E-state index contributed by atoms with van der Waals surface area (Å²) in [6, 6.07) is 6.81. The Labute approximate surface area is 187 Å². The lowest BCUT2D eigenvalue weighted by Crippen LogP contribution is -2.40. The van der Waals surface area contributed by atoms with E-state index < -0.39 is 17.6 Å². The van der Waals surface area contributed by atoms with Crippen molar-refractivity contribution in [2.75, 3.05) is 18.8 Å². The number of rotatable bonds is 5. The van der Waals surface area contributed by atoms with E-state index in [2.05, 4.69) is 15.5 Å². The molecule has 8 nitrogen and oxygen atoms in total. The molecule has 174 valence electrons. The fourth-order valence-electron chi connectivity index (χ4n) is 5.01. The molecule has 33 heavy (non-hydrogen) atoms. The summed E-state index contributed by atoms with van der Waals surface area (Å²) < 4.78 is 42.2. The van der Waals surface area contributed by atoms with Crippen molar-refractivity contribution >= 4 is 11.7 Å². The van der Waals surface area contributed by atoms with Crippen molar-refractivity contribution in [3.05, 3.63) is 53.2 Å². The number of nitrogen functional groups attached to an aromatic ring is 1. The third kappa shape index (κ3) is 3.86. The van der Waals surface area contributed by atoms with Gasteiger partial charge in [0, 0.05) is 12.7 Å². The number of alkyl halides is 3. The summed E-state index contributed by atoms with van der Waals surface area (Å²) in [5, 5.41) is 12.4. The molecular weight excluding hydrogens is 435 g/mol. The van der Waals surface area contributed by atoms with Gasteiger partial charge in [0.15, 0.2) is 0 Å². The zero-order chi connectivity index (χ0) is 23.4. The molecule has 0 bridgehead atoms. The van der Waals surface area contributed by atoms with E-state index >= 15 is 0 Å². The Kier molecular flexibility index (Phi) is 4.96. The van der Waals surface area contributed by atoms with E-state index in [1.54, 1.807) is 23.0 Å². The predicted octanol–water partition coefficient (Wildman–Crippen LogP) is 2.81. The Morgan fingerprint density at radius 1 is 1.24 bits per heavy atom. The zero-order valence-electron chi connectivity index (χ0n) is 17.8. The van der Waals surface area contributed by atoms with E-state index in [9.17, 15) is 18.0 Å². The van der Waals surface area contributed by atoms with Crippen LogP contribution in [0, 0.1) is 5.41 Å². The number of primary amides is 1. The number of nitrogens with one attached hydrogen (secondary N) is 1. The summed E-state index contributed by atoms with van der Waals surface area (Å²) in [7, 11) is 0. The van der Waals surface area contributed by atoms with Crippen LogP contribution in [0.15, 0.2) is 36.5 Å². The second-order valence-corrected chi connectivity index (χ2v) is 9.00. The van der Waals surface area contributed by atoms with Crippen molar-refractivity contribution in [1.82, 2.24) is 24.9 Å². The van der Waals surface area contributed by atoms with Crippen molar-refractivity contribution in [2.45, 2.75) is 38.0 Å². The maximum absolute atomic E-state index is 13.0. The van der Waals surface area contributed by atoms with Crippen LogP contribution in [0.5, 0.6) is 0 Å². The van der Waals surface area contributed by atoms with Gasteiger partial charge < -0.3 is 16.8 Å². The standard InChI is InChI=1S/C22H24F3N7O/c23-22(24,25)14-3-1-2-13(8-14)11-31-7-4-16(29-31)18-17(20(27)33)19(26)32(30-18)15-9-21(10-15)5-6-28-12-21/h1-4,7-8,15,28H,5-6,9-12,26H2,(H2,27,33). The Bertz CT molecular complexity index is 1200. The van der Waals surface area contributed by atoms with Crippen LogP contribution in [0.3, 0.4) is 0 Å². The lowest BCUT2D eigenvalue weighted by molar-refractivity contribution is -0.137. The van der Waals surface area contributed by atoms with Gasteiger partial charge in [0.25, 0.3) is 5.91 Å². The summed E-state index contributed by atoms with van der Waals surface area (Å²) in [6.45, 7) is 2.10. The molecule has 1 aromatic carbocycles. The molecule has 0 radical (unpaired) electrons. The highest BCUT2D eigenvalue weighted by atomic mass is 19.4. The Balaban J connectivity index is 1.40. The minimum atomic E-state index is -4.42. The van der Waals surface area contributed by atoms with Crippen molar-refractivity contribution in [2.24, 2.45) is 11.1 Å².